The molecule has 0 saturated carbocycles. The van der Waals surface area contributed by atoms with Crippen molar-refractivity contribution < 1.29 is 14.6 Å². The van der Waals surface area contributed by atoms with Crippen LogP contribution in [0.4, 0.5) is 0 Å². The third-order valence-corrected chi connectivity index (χ3v) is 2.35. The highest BCUT2D eigenvalue weighted by atomic mass is 16.5. The standard InChI is InChI=1S/C14H12O3/c15-14(16)9-4-10-17-13-8-3-6-11-5-1-2-7-12(11)13/h1-9H,10H2,(H,15,16). The molecule has 0 spiro atoms. The quantitative estimate of drug-likeness (QED) is 0.818. The van der Waals surface area contributed by atoms with Crippen LogP contribution in [-0.2, 0) is 4.79 Å². The number of rotatable bonds is 4. The van der Waals surface area contributed by atoms with E-state index in [9.17, 15) is 4.79 Å². The van der Waals surface area contributed by atoms with Gasteiger partial charge in [-0.25, -0.2) is 4.79 Å². The third-order valence-electron chi connectivity index (χ3n) is 2.35. The maximum Gasteiger partial charge on any atom is 0.328 e. The van der Waals surface area contributed by atoms with E-state index in [1.165, 1.54) is 6.08 Å². The van der Waals surface area contributed by atoms with Gasteiger partial charge in [0.2, 0.25) is 0 Å². The van der Waals surface area contributed by atoms with Gasteiger partial charge in [-0.1, -0.05) is 36.4 Å². The lowest BCUT2D eigenvalue weighted by Crippen LogP contribution is -1.96. The molecular weight excluding hydrogens is 216 g/mol. The minimum absolute atomic E-state index is 0.250. The number of carbonyl (C=O) groups is 1. The summed E-state index contributed by atoms with van der Waals surface area (Å²) in [5, 5.41) is 10.6. The molecule has 2 aromatic carbocycles. The van der Waals surface area contributed by atoms with Crippen molar-refractivity contribution in [1.82, 2.24) is 0 Å². The van der Waals surface area contributed by atoms with Crippen LogP contribution in [0.3, 0.4) is 0 Å². The normalized spacial score (nSPS) is 10.8. The van der Waals surface area contributed by atoms with Gasteiger partial charge in [-0.2, -0.15) is 0 Å². The van der Waals surface area contributed by atoms with Crippen LogP contribution in [0.5, 0.6) is 5.75 Å². The average molecular weight is 228 g/mol. The second-order valence-corrected chi connectivity index (χ2v) is 3.53. The van der Waals surface area contributed by atoms with Crippen LogP contribution in [0.25, 0.3) is 10.8 Å². The molecule has 0 aliphatic rings. The van der Waals surface area contributed by atoms with Crippen LogP contribution in [0.15, 0.2) is 54.6 Å². The lowest BCUT2D eigenvalue weighted by Gasteiger charge is -2.06. The summed E-state index contributed by atoms with van der Waals surface area (Å²) < 4.78 is 5.52. The second-order valence-electron chi connectivity index (χ2n) is 3.53. The van der Waals surface area contributed by atoms with Gasteiger partial charge in [-0.3, -0.25) is 0 Å². The number of hydrogen-bond acceptors (Lipinski definition) is 2. The molecule has 3 nitrogen and oxygen atoms in total. The van der Waals surface area contributed by atoms with Crippen LogP contribution < -0.4 is 4.74 Å². The van der Waals surface area contributed by atoms with Gasteiger partial charge >= 0.3 is 5.97 Å². The smallest absolute Gasteiger partial charge is 0.328 e. The molecule has 0 aromatic heterocycles. The number of hydrogen-bond donors (Lipinski definition) is 1. The maximum atomic E-state index is 10.3. The summed E-state index contributed by atoms with van der Waals surface area (Å²) >= 11 is 0. The first-order valence-corrected chi connectivity index (χ1v) is 5.27. The highest BCUT2D eigenvalue weighted by Crippen LogP contribution is 2.24. The van der Waals surface area contributed by atoms with E-state index in [1.807, 2.05) is 42.5 Å². The Balaban J connectivity index is 2.16. The Morgan fingerprint density at radius 2 is 1.94 bits per heavy atom. The van der Waals surface area contributed by atoms with Crippen LogP contribution in [-0.4, -0.2) is 17.7 Å². The SMILES string of the molecule is O=C(O)C=CCOc1cccc2ccccc12. The van der Waals surface area contributed by atoms with E-state index >= 15 is 0 Å². The zero-order chi connectivity index (χ0) is 12.1. The van der Waals surface area contributed by atoms with Crippen molar-refractivity contribution >= 4 is 16.7 Å². The summed E-state index contributed by atoms with van der Waals surface area (Å²) in [5.41, 5.74) is 0. The molecule has 2 aromatic rings. The molecule has 1 N–H and O–H groups in total. The molecule has 0 heterocycles. The molecule has 3 heteroatoms. The van der Waals surface area contributed by atoms with E-state index in [0.29, 0.717) is 0 Å². The van der Waals surface area contributed by atoms with Gasteiger partial charge in [0.15, 0.2) is 0 Å². The Labute approximate surface area is 99.0 Å². The predicted molar refractivity (Wildman–Crippen MR) is 66.2 cm³/mol. The molecule has 0 atom stereocenters. The molecular formula is C14H12O3. The van der Waals surface area contributed by atoms with Crippen LogP contribution in [0.1, 0.15) is 0 Å². The largest absolute Gasteiger partial charge is 0.489 e. The van der Waals surface area contributed by atoms with E-state index < -0.39 is 5.97 Å². The zero-order valence-electron chi connectivity index (χ0n) is 9.17. The molecule has 0 amide bonds. The van der Waals surface area contributed by atoms with Crippen molar-refractivity contribution in [2.75, 3.05) is 6.61 Å². The molecule has 86 valence electrons. The lowest BCUT2D eigenvalue weighted by molar-refractivity contribution is -0.131. The highest BCUT2D eigenvalue weighted by Gasteiger charge is 1.99. The Kier molecular flexibility index (Phi) is 3.40. The molecule has 2 rings (SSSR count). The van der Waals surface area contributed by atoms with Crippen molar-refractivity contribution in [3.05, 3.63) is 54.6 Å². The molecule has 0 saturated heterocycles. The van der Waals surface area contributed by atoms with Crippen molar-refractivity contribution in [1.29, 1.82) is 0 Å². The van der Waals surface area contributed by atoms with Crippen molar-refractivity contribution in [3.8, 4) is 5.75 Å². The topological polar surface area (TPSA) is 46.5 Å². The first kappa shape index (κ1) is 11.2. The molecule has 0 radical (unpaired) electrons. The molecule has 0 unspecified atom stereocenters. The van der Waals surface area contributed by atoms with Crippen molar-refractivity contribution in [2.45, 2.75) is 0 Å². The number of benzene rings is 2. The monoisotopic (exact) mass is 228 g/mol. The van der Waals surface area contributed by atoms with E-state index in [-0.39, 0.29) is 6.61 Å². The van der Waals surface area contributed by atoms with Crippen LogP contribution >= 0.6 is 0 Å². The van der Waals surface area contributed by atoms with E-state index in [1.54, 1.807) is 0 Å². The van der Waals surface area contributed by atoms with Gasteiger partial charge in [0.25, 0.3) is 0 Å². The highest BCUT2D eigenvalue weighted by molar-refractivity contribution is 5.88. The summed E-state index contributed by atoms with van der Waals surface area (Å²) in [6, 6.07) is 13.7. The molecule has 17 heavy (non-hydrogen) atoms. The minimum atomic E-state index is -0.966. The third kappa shape index (κ3) is 2.84. The maximum absolute atomic E-state index is 10.3. The summed E-state index contributed by atoms with van der Waals surface area (Å²) in [6.45, 7) is 0.250. The first-order chi connectivity index (χ1) is 8.27. The van der Waals surface area contributed by atoms with Gasteiger partial charge in [-0.15, -0.1) is 0 Å². The lowest BCUT2D eigenvalue weighted by atomic mass is 10.1. The molecule has 0 fully saturated rings. The van der Waals surface area contributed by atoms with Crippen molar-refractivity contribution in [2.24, 2.45) is 0 Å². The van der Waals surface area contributed by atoms with Gasteiger partial charge < -0.3 is 9.84 Å². The number of ether oxygens (including phenoxy) is 1. The fourth-order valence-electron chi connectivity index (χ4n) is 1.61. The number of fused-ring (bicyclic) bond motifs is 1. The predicted octanol–water partition coefficient (Wildman–Crippen LogP) is 2.86. The average Bonchev–Trinajstić information content (AvgIpc) is 2.34. The zero-order valence-corrected chi connectivity index (χ0v) is 9.17. The van der Waals surface area contributed by atoms with Gasteiger partial charge in [0.05, 0.1) is 0 Å². The fourth-order valence-corrected chi connectivity index (χ4v) is 1.61. The van der Waals surface area contributed by atoms with Gasteiger partial charge in [0, 0.05) is 11.5 Å². The van der Waals surface area contributed by atoms with E-state index in [4.69, 9.17) is 9.84 Å². The summed E-state index contributed by atoms with van der Waals surface area (Å²) in [6.07, 6.45) is 2.55. The first-order valence-electron chi connectivity index (χ1n) is 5.27. The molecule has 0 aliphatic heterocycles. The Morgan fingerprint density at radius 3 is 2.76 bits per heavy atom. The summed E-state index contributed by atoms with van der Waals surface area (Å²) in [5.74, 6) is -0.204. The fraction of sp³-hybridized carbons (Fsp3) is 0.0714. The number of carboxylic acid groups (broad SMARTS) is 1. The van der Waals surface area contributed by atoms with E-state index in [0.717, 1.165) is 22.6 Å². The minimum Gasteiger partial charge on any atom is -0.489 e. The Bertz CT molecular complexity index is 553. The number of carboxylic acids is 1. The van der Waals surface area contributed by atoms with Gasteiger partial charge in [-0.05, 0) is 17.5 Å². The number of aliphatic carboxylic acids is 1. The summed E-state index contributed by atoms with van der Waals surface area (Å²) in [7, 11) is 0. The van der Waals surface area contributed by atoms with Crippen LogP contribution in [0.2, 0.25) is 0 Å². The summed E-state index contributed by atoms with van der Waals surface area (Å²) in [4.78, 5) is 10.3. The van der Waals surface area contributed by atoms with E-state index in [2.05, 4.69) is 0 Å². The van der Waals surface area contributed by atoms with Crippen molar-refractivity contribution in [3.63, 3.8) is 0 Å². The molecule has 0 aliphatic carbocycles. The van der Waals surface area contributed by atoms with Crippen LogP contribution in [0, 0.1) is 0 Å². The Morgan fingerprint density at radius 1 is 1.18 bits per heavy atom. The molecule has 0 bridgehead atoms. The van der Waals surface area contributed by atoms with Gasteiger partial charge in [0.1, 0.15) is 12.4 Å². The Hall–Kier alpha value is -2.29. The second kappa shape index (κ2) is 5.16.